The largest absolute Gasteiger partial charge is 0.491 e. The van der Waals surface area contributed by atoms with Crippen LogP contribution in [-0.4, -0.2) is 37.6 Å². The van der Waals surface area contributed by atoms with Crippen LogP contribution < -0.4 is 10.1 Å². The maximum atomic E-state index is 11.5. The normalized spacial score (nSPS) is 10.8. The molecular formula is C15H22Br2N2O2. The molecule has 0 heterocycles. The second-order valence-electron chi connectivity index (χ2n) is 5.31. The SMILES string of the molecule is CC(C)NCc1cc(Br)c(OCCC(=O)N(C)C)c(Br)c1. The first-order valence-electron chi connectivity index (χ1n) is 6.85. The zero-order chi connectivity index (χ0) is 16.0. The Morgan fingerprint density at radius 2 is 1.86 bits per heavy atom. The van der Waals surface area contributed by atoms with Gasteiger partial charge in [0, 0.05) is 26.7 Å². The number of hydrogen-bond donors (Lipinski definition) is 1. The second-order valence-corrected chi connectivity index (χ2v) is 7.02. The minimum atomic E-state index is 0.0556. The molecule has 21 heavy (non-hydrogen) atoms. The van der Waals surface area contributed by atoms with Crippen LogP contribution in [0.4, 0.5) is 0 Å². The Morgan fingerprint density at radius 1 is 1.29 bits per heavy atom. The van der Waals surface area contributed by atoms with Gasteiger partial charge in [-0.1, -0.05) is 13.8 Å². The molecule has 0 aromatic heterocycles. The highest BCUT2D eigenvalue weighted by molar-refractivity contribution is 9.11. The maximum absolute atomic E-state index is 11.5. The van der Waals surface area contributed by atoms with Gasteiger partial charge in [-0.15, -0.1) is 0 Å². The summed E-state index contributed by atoms with van der Waals surface area (Å²) < 4.78 is 7.48. The molecule has 0 spiro atoms. The van der Waals surface area contributed by atoms with Gasteiger partial charge in [0.25, 0.3) is 0 Å². The summed E-state index contributed by atoms with van der Waals surface area (Å²) in [5, 5.41) is 3.37. The van der Waals surface area contributed by atoms with Gasteiger partial charge in [-0.05, 0) is 49.6 Å². The van der Waals surface area contributed by atoms with E-state index in [1.165, 1.54) is 5.56 Å². The number of nitrogens with one attached hydrogen (secondary N) is 1. The number of ether oxygens (including phenoxy) is 1. The van der Waals surface area contributed by atoms with Crippen LogP contribution in [-0.2, 0) is 11.3 Å². The lowest BCUT2D eigenvalue weighted by atomic mass is 10.2. The second kappa shape index (κ2) is 8.76. The number of carbonyl (C=O) groups excluding carboxylic acids is 1. The number of hydrogen-bond acceptors (Lipinski definition) is 3. The van der Waals surface area contributed by atoms with E-state index in [1.807, 2.05) is 12.1 Å². The van der Waals surface area contributed by atoms with Crippen molar-refractivity contribution in [1.29, 1.82) is 0 Å². The van der Waals surface area contributed by atoms with Crippen molar-refractivity contribution in [1.82, 2.24) is 10.2 Å². The van der Waals surface area contributed by atoms with Gasteiger partial charge in [-0.2, -0.15) is 0 Å². The summed E-state index contributed by atoms with van der Waals surface area (Å²) in [6.45, 7) is 5.39. The van der Waals surface area contributed by atoms with Gasteiger partial charge in [-0.3, -0.25) is 4.79 Å². The number of halogens is 2. The van der Waals surface area contributed by atoms with E-state index in [4.69, 9.17) is 4.74 Å². The van der Waals surface area contributed by atoms with Crippen molar-refractivity contribution in [3.05, 3.63) is 26.6 Å². The lowest BCUT2D eigenvalue weighted by molar-refractivity contribution is -0.129. The predicted octanol–water partition coefficient (Wildman–Crippen LogP) is 3.57. The zero-order valence-corrected chi connectivity index (χ0v) is 16.0. The maximum Gasteiger partial charge on any atom is 0.225 e. The fourth-order valence-corrected chi connectivity index (χ4v) is 3.15. The topological polar surface area (TPSA) is 41.6 Å². The molecule has 0 unspecified atom stereocenters. The molecule has 6 heteroatoms. The van der Waals surface area contributed by atoms with E-state index < -0.39 is 0 Å². The van der Waals surface area contributed by atoms with Crippen LogP contribution in [0.3, 0.4) is 0 Å². The van der Waals surface area contributed by atoms with E-state index in [0.717, 1.165) is 21.2 Å². The first-order chi connectivity index (χ1) is 9.81. The molecule has 1 rings (SSSR count). The first kappa shape index (κ1) is 18.5. The average Bonchev–Trinajstić information content (AvgIpc) is 2.39. The highest BCUT2D eigenvalue weighted by atomic mass is 79.9. The summed E-state index contributed by atoms with van der Waals surface area (Å²) in [7, 11) is 3.48. The molecule has 0 aliphatic heterocycles. The molecule has 0 aliphatic carbocycles. The Kier molecular flexibility index (Phi) is 7.70. The molecule has 0 fully saturated rings. The standard InChI is InChI=1S/C15H22Br2N2O2/c1-10(2)18-9-11-7-12(16)15(13(17)8-11)21-6-5-14(20)19(3)4/h7-8,10,18H,5-6,9H2,1-4H3. The zero-order valence-electron chi connectivity index (χ0n) is 12.9. The highest BCUT2D eigenvalue weighted by Crippen LogP contribution is 2.34. The molecule has 0 bridgehead atoms. The highest BCUT2D eigenvalue weighted by Gasteiger charge is 2.11. The van der Waals surface area contributed by atoms with Crippen LogP contribution in [0, 0.1) is 0 Å². The third-order valence-corrected chi connectivity index (χ3v) is 4.01. The third kappa shape index (κ3) is 6.36. The van der Waals surface area contributed by atoms with Crippen molar-refractivity contribution in [2.75, 3.05) is 20.7 Å². The molecular weight excluding hydrogens is 400 g/mol. The van der Waals surface area contributed by atoms with Gasteiger partial charge in [0.05, 0.1) is 22.0 Å². The fourth-order valence-electron chi connectivity index (χ4n) is 1.64. The monoisotopic (exact) mass is 420 g/mol. The summed E-state index contributed by atoms with van der Waals surface area (Å²) in [4.78, 5) is 13.1. The molecule has 0 saturated carbocycles. The van der Waals surface area contributed by atoms with Gasteiger partial charge < -0.3 is 15.0 Å². The van der Waals surface area contributed by atoms with Crippen molar-refractivity contribution >= 4 is 37.8 Å². The molecule has 1 N–H and O–H groups in total. The Morgan fingerprint density at radius 3 is 2.33 bits per heavy atom. The van der Waals surface area contributed by atoms with Crippen LogP contribution in [0.1, 0.15) is 25.8 Å². The molecule has 1 amide bonds. The molecule has 4 nitrogen and oxygen atoms in total. The van der Waals surface area contributed by atoms with E-state index in [9.17, 15) is 4.79 Å². The summed E-state index contributed by atoms with van der Waals surface area (Å²) >= 11 is 7.05. The van der Waals surface area contributed by atoms with Gasteiger partial charge in [0.15, 0.2) is 0 Å². The Labute approximate surface area is 143 Å². The molecule has 1 aromatic rings. The lowest BCUT2D eigenvalue weighted by Gasteiger charge is -2.15. The molecule has 1 aromatic carbocycles. The Hall–Kier alpha value is -0.590. The van der Waals surface area contributed by atoms with Crippen molar-refractivity contribution in [2.24, 2.45) is 0 Å². The number of rotatable bonds is 7. The van der Waals surface area contributed by atoms with Crippen molar-refractivity contribution in [2.45, 2.75) is 32.9 Å². The van der Waals surface area contributed by atoms with Crippen molar-refractivity contribution in [3.8, 4) is 5.75 Å². The van der Waals surface area contributed by atoms with E-state index in [0.29, 0.717) is 19.1 Å². The van der Waals surface area contributed by atoms with E-state index in [2.05, 4.69) is 51.0 Å². The minimum Gasteiger partial charge on any atom is -0.491 e. The van der Waals surface area contributed by atoms with Crippen molar-refractivity contribution in [3.63, 3.8) is 0 Å². The third-order valence-electron chi connectivity index (χ3n) is 2.83. The van der Waals surface area contributed by atoms with Crippen LogP contribution in [0.15, 0.2) is 21.1 Å². The quantitative estimate of drug-likeness (QED) is 0.731. The van der Waals surface area contributed by atoms with E-state index >= 15 is 0 Å². The lowest BCUT2D eigenvalue weighted by Crippen LogP contribution is -2.23. The number of carbonyl (C=O) groups is 1. The van der Waals surface area contributed by atoms with Gasteiger partial charge in [0.1, 0.15) is 5.75 Å². The first-order valence-corrected chi connectivity index (χ1v) is 8.44. The van der Waals surface area contributed by atoms with Gasteiger partial charge >= 0.3 is 0 Å². The van der Waals surface area contributed by atoms with E-state index in [-0.39, 0.29) is 5.91 Å². The predicted molar refractivity (Wildman–Crippen MR) is 92.6 cm³/mol. The Balaban J connectivity index is 2.65. The molecule has 0 atom stereocenters. The average molecular weight is 422 g/mol. The molecule has 0 radical (unpaired) electrons. The fraction of sp³-hybridized carbons (Fsp3) is 0.533. The summed E-state index contributed by atoms with van der Waals surface area (Å²) in [6.07, 6.45) is 0.364. The number of nitrogens with zero attached hydrogens (tertiary/aromatic N) is 1. The number of benzene rings is 1. The van der Waals surface area contributed by atoms with Crippen molar-refractivity contribution < 1.29 is 9.53 Å². The van der Waals surface area contributed by atoms with Crippen LogP contribution in [0.5, 0.6) is 5.75 Å². The summed E-state index contributed by atoms with van der Waals surface area (Å²) in [5.41, 5.74) is 1.17. The number of amides is 1. The summed E-state index contributed by atoms with van der Waals surface area (Å²) in [5.74, 6) is 0.787. The molecule has 118 valence electrons. The van der Waals surface area contributed by atoms with Crippen LogP contribution >= 0.6 is 31.9 Å². The minimum absolute atomic E-state index is 0.0556. The van der Waals surface area contributed by atoms with Crippen LogP contribution in [0.2, 0.25) is 0 Å². The molecule has 0 aliphatic rings. The van der Waals surface area contributed by atoms with E-state index in [1.54, 1.807) is 19.0 Å². The summed E-state index contributed by atoms with van der Waals surface area (Å²) in [6, 6.07) is 4.50. The van der Waals surface area contributed by atoms with Crippen LogP contribution in [0.25, 0.3) is 0 Å². The van der Waals surface area contributed by atoms with Gasteiger partial charge in [0.2, 0.25) is 5.91 Å². The smallest absolute Gasteiger partial charge is 0.225 e. The molecule has 0 saturated heterocycles. The van der Waals surface area contributed by atoms with Gasteiger partial charge in [-0.25, -0.2) is 0 Å². The Bertz CT molecular complexity index is 468.